The number of nitrogens with zero attached hydrogens (tertiary/aromatic N) is 1. The van der Waals surface area contributed by atoms with Crippen molar-refractivity contribution in [1.82, 2.24) is 5.32 Å². The molecule has 2 aromatic carbocycles. The minimum Gasteiger partial charge on any atom is -0.393 e. The summed E-state index contributed by atoms with van der Waals surface area (Å²) in [5, 5.41) is 12.5. The molecule has 25 heavy (non-hydrogen) atoms. The van der Waals surface area contributed by atoms with Crippen molar-refractivity contribution in [2.75, 3.05) is 24.5 Å². The van der Waals surface area contributed by atoms with Crippen LogP contribution in [-0.2, 0) is 6.42 Å². The molecule has 0 spiro atoms. The molecule has 0 saturated carbocycles. The van der Waals surface area contributed by atoms with Crippen LogP contribution in [0.25, 0.3) is 0 Å². The molecule has 1 saturated heterocycles. The Morgan fingerprint density at radius 1 is 1.08 bits per heavy atom. The van der Waals surface area contributed by atoms with E-state index in [0.717, 1.165) is 37.2 Å². The molecule has 0 radical (unpaired) electrons. The second-order valence-electron chi connectivity index (χ2n) is 6.40. The molecule has 3 rings (SSSR count). The highest BCUT2D eigenvalue weighted by Gasteiger charge is 2.17. The number of nitrogens with one attached hydrogen (secondary N) is 1. The minimum absolute atomic E-state index is 0.109. The normalized spacial score (nSPS) is 15.2. The third-order valence-electron chi connectivity index (χ3n) is 4.57. The Morgan fingerprint density at radius 3 is 2.36 bits per heavy atom. The average molecular weight is 342 g/mol. The van der Waals surface area contributed by atoms with Crippen LogP contribution in [-0.4, -0.2) is 36.8 Å². The molecule has 4 nitrogen and oxygen atoms in total. The molecule has 0 aromatic heterocycles. The number of aliphatic hydroxyl groups excluding tert-OH is 1. The zero-order valence-electron chi connectivity index (χ0n) is 14.1. The van der Waals surface area contributed by atoms with Crippen LogP contribution in [0.2, 0.25) is 0 Å². The number of hydrogen-bond donors (Lipinski definition) is 2. The molecule has 0 bridgehead atoms. The molecule has 0 aliphatic carbocycles. The number of halogens is 1. The monoisotopic (exact) mass is 342 g/mol. The number of aliphatic hydroxyl groups is 1. The lowest BCUT2D eigenvalue weighted by molar-refractivity contribution is 0.0954. The molecule has 1 amide bonds. The van der Waals surface area contributed by atoms with Crippen LogP contribution in [0.3, 0.4) is 0 Å². The van der Waals surface area contributed by atoms with Gasteiger partial charge in [0.25, 0.3) is 5.91 Å². The molecule has 1 heterocycles. The van der Waals surface area contributed by atoms with Crippen molar-refractivity contribution in [2.24, 2.45) is 0 Å². The van der Waals surface area contributed by atoms with Gasteiger partial charge < -0.3 is 15.3 Å². The van der Waals surface area contributed by atoms with Crippen molar-refractivity contribution < 1.29 is 14.3 Å². The van der Waals surface area contributed by atoms with Gasteiger partial charge in [0.2, 0.25) is 0 Å². The zero-order chi connectivity index (χ0) is 17.6. The lowest BCUT2D eigenvalue weighted by Crippen LogP contribution is -2.35. The van der Waals surface area contributed by atoms with Crippen LogP contribution in [0.15, 0.2) is 48.5 Å². The second-order valence-corrected chi connectivity index (χ2v) is 6.40. The van der Waals surface area contributed by atoms with E-state index in [0.29, 0.717) is 18.5 Å². The van der Waals surface area contributed by atoms with Crippen molar-refractivity contribution in [3.8, 4) is 0 Å². The summed E-state index contributed by atoms with van der Waals surface area (Å²) in [6, 6.07) is 13.9. The van der Waals surface area contributed by atoms with Gasteiger partial charge in [-0.3, -0.25) is 4.79 Å². The van der Waals surface area contributed by atoms with Crippen LogP contribution < -0.4 is 10.2 Å². The Morgan fingerprint density at radius 2 is 1.72 bits per heavy atom. The maximum Gasteiger partial charge on any atom is 0.251 e. The zero-order valence-corrected chi connectivity index (χ0v) is 14.1. The van der Waals surface area contributed by atoms with Gasteiger partial charge in [0, 0.05) is 30.9 Å². The van der Waals surface area contributed by atoms with Gasteiger partial charge in [0.05, 0.1) is 6.10 Å². The van der Waals surface area contributed by atoms with E-state index in [2.05, 4.69) is 10.2 Å². The summed E-state index contributed by atoms with van der Waals surface area (Å²) < 4.78 is 12.9. The van der Waals surface area contributed by atoms with Crippen LogP contribution in [0.1, 0.15) is 28.8 Å². The maximum atomic E-state index is 12.9. The molecule has 0 atom stereocenters. The van der Waals surface area contributed by atoms with E-state index in [9.17, 15) is 14.3 Å². The first-order valence-corrected chi connectivity index (χ1v) is 8.67. The number of benzene rings is 2. The fourth-order valence-corrected chi connectivity index (χ4v) is 3.02. The van der Waals surface area contributed by atoms with Gasteiger partial charge >= 0.3 is 0 Å². The number of carbonyl (C=O) groups is 1. The topological polar surface area (TPSA) is 52.6 Å². The van der Waals surface area contributed by atoms with E-state index in [1.54, 1.807) is 12.1 Å². The molecule has 132 valence electrons. The standard InChI is InChI=1S/C20H23FN2O2/c21-17-5-1-15(2-6-17)9-12-22-20(25)16-3-7-18(8-4-16)23-13-10-19(24)11-14-23/h1-8,19,24H,9-14H2,(H,22,25). The number of anilines is 1. The van der Waals surface area contributed by atoms with E-state index < -0.39 is 0 Å². The first kappa shape index (κ1) is 17.4. The van der Waals surface area contributed by atoms with Gasteiger partial charge in [0.1, 0.15) is 5.82 Å². The molecule has 2 N–H and O–H groups in total. The van der Waals surface area contributed by atoms with Crippen LogP contribution in [0, 0.1) is 5.82 Å². The lowest BCUT2D eigenvalue weighted by atomic mass is 10.1. The Labute approximate surface area is 147 Å². The minimum atomic E-state index is -0.254. The van der Waals surface area contributed by atoms with Crippen LogP contribution >= 0.6 is 0 Å². The third kappa shape index (κ3) is 4.79. The van der Waals surface area contributed by atoms with Crippen molar-refractivity contribution in [2.45, 2.75) is 25.4 Å². The third-order valence-corrected chi connectivity index (χ3v) is 4.57. The van der Waals surface area contributed by atoms with Crippen molar-refractivity contribution in [3.63, 3.8) is 0 Å². The fourth-order valence-electron chi connectivity index (χ4n) is 3.02. The Kier molecular flexibility index (Phi) is 5.66. The molecular weight excluding hydrogens is 319 g/mol. The number of piperidine rings is 1. The Balaban J connectivity index is 1.49. The summed E-state index contributed by atoms with van der Waals surface area (Å²) in [5.41, 5.74) is 2.69. The predicted molar refractivity (Wildman–Crippen MR) is 96.3 cm³/mol. The largest absolute Gasteiger partial charge is 0.393 e. The molecule has 0 unspecified atom stereocenters. The quantitative estimate of drug-likeness (QED) is 0.878. The summed E-state index contributed by atoms with van der Waals surface area (Å²) in [7, 11) is 0. The van der Waals surface area contributed by atoms with Gasteiger partial charge in [0.15, 0.2) is 0 Å². The summed E-state index contributed by atoms with van der Waals surface area (Å²) in [6.07, 6.45) is 2.04. The first-order valence-electron chi connectivity index (χ1n) is 8.67. The second kappa shape index (κ2) is 8.12. The van der Waals surface area contributed by atoms with Crippen LogP contribution in [0.4, 0.5) is 10.1 Å². The molecular formula is C20H23FN2O2. The lowest BCUT2D eigenvalue weighted by Gasteiger charge is -2.31. The van der Waals surface area contributed by atoms with Gasteiger partial charge in [-0.15, -0.1) is 0 Å². The van der Waals surface area contributed by atoms with Crippen molar-refractivity contribution in [1.29, 1.82) is 0 Å². The first-order chi connectivity index (χ1) is 12.1. The summed E-state index contributed by atoms with van der Waals surface area (Å²) >= 11 is 0. The van der Waals surface area contributed by atoms with E-state index in [1.807, 2.05) is 24.3 Å². The number of rotatable bonds is 5. The van der Waals surface area contributed by atoms with E-state index >= 15 is 0 Å². The van der Waals surface area contributed by atoms with E-state index in [-0.39, 0.29) is 17.8 Å². The van der Waals surface area contributed by atoms with Gasteiger partial charge in [-0.1, -0.05) is 12.1 Å². The molecule has 5 heteroatoms. The summed E-state index contributed by atoms with van der Waals surface area (Å²) in [6.45, 7) is 2.19. The Bertz CT molecular complexity index is 693. The fraction of sp³-hybridized carbons (Fsp3) is 0.350. The number of carbonyl (C=O) groups excluding carboxylic acids is 1. The highest BCUT2D eigenvalue weighted by molar-refractivity contribution is 5.94. The molecule has 1 fully saturated rings. The predicted octanol–water partition coefficient (Wildman–Crippen LogP) is 2.76. The SMILES string of the molecule is O=C(NCCc1ccc(F)cc1)c1ccc(N2CCC(O)CC2)cc1. The average Bonchev–Trinajstić information content (AvgIpc) is 2.64. The highest BCUT2D eigenvalue weighted by Crippen LogP contribution is 2.20. The molecule has 1 aliphatic heterocycles. The smallest absolute Gasteiger partial charge is 0.251 e. The highest BCUT2D eigenvalue weighted by atomic mass is 19.1. The van der Waals surface area contributed by atoms with Crippen molar-refractivity contribution >= 4 is 11.6 Å². The summed E-state index contributed by atoms with van der Waals surface area (Å²) in [5.74, 6) is -0.362. The molecule has 2 aromatic rings. The van der Waals surface area contributed by atoms with Gasteiger partial charge in [-0.2, -0.15) is 0 Å². The van der Waals surface area contributed by atoms with E-state index in [1.165, 1.54) is 12.1 Å². The Hall–Kier alpha value is -2.40. The van der Waals surface area contributed by atoms with Gasteiger partial charge in [-0.25, -0.2) is 4.39 Å². The van der Waals surface area contributed by atoms with E-state index in [4.69, 9.17) is 0 Å². The molecule has 1 aliphatic rings. The van der Waals surface area contributed by atoms with Crippen LogP contribution in [0.5, 0.6) is 0 Å². The number of hydrogen-bond acceptors (Lipinski definition) is 3. The van der Waals surface area contributed by atoms with Gasteiger partial charge in [-0.05, 0) is 61.2 Å². The summed E-state index contributed by atoms with van der Waals surface area (Å²) in [4.78, 5) is 14.4. The van der Waals surface area contributed by atoms with Crippen molar-refractivity contribution in [3.05, 3.63) is 65.5 Å². The maximum absolute atomic E-state index is 12.9. The number of amides is 1.